The van der Waals surface area contributed by atoms with Gasteiger partial charge in [-0.2, -0.15) is 0 Å². The number of rotatable bonds is 6. The number of hydrogen-bond acceptors (Lipinski definition) is 4. The van der Waals surface area contributed by atoms with Gasteiger partial charge in [-0.3, -0.25) is 15.2 Å². The van der Waals surface area contributed by atoms with E-state index in [4.69, 9.17) is 4.42 Å². The number of nitrogens with one attached hydrogen (secondary N) is 3. The Balaban J connectivity index is 1.84. The molecule has 0 aliphatic carbocycles. The first-order valence-electron chi connectivity index (χ1n) is 6.26. The Bertz CT molecular complexity index is 615. The second kappa shape index (κ2) is 6.19. The maximum absolute atomic E-state index is 11.2. The van der Waals surface area contributed by atoms with Gasteiger partial charge in [-0.05, 0) is 37.0 Å². The van der Waals surface area contributed by atoms with Crippen molar-refractivity contribution in [3.63, 3.8) is 0 Å². The third-order valence-corrected chi connectivity index (χ3v) is 2.87. The van der Waals surface area contributed by atoms with Crippen LogP contribution < -0.4 is 16.6 Å². The Morgan fingerprint density at radius 1 is 1.37 bits per heavy atom. The Kier molecular flexibility index (Phi) is 4.35. The van der Waals surface area contributed by atoms with E-state index in [1.807, 2.05) is 12.1 Å². The molecule has 0 aliphatic heterocycles. The van der Waals surface area contributed by atoms with Gasteiger partial charge in [-0.25, -0.2) is 10.2 Å². The van der Waals surface area contributed by atoms with Crippen molar-refractivity contribution >= 4 is 17.0 Å². The molecule has 6 nitrogen and oxygen atoms in total. The zero-order valence-electron chi connectivity index (χ0n) is 10.8. The van der Waals surface area contributed by atoms with Crippen LogP contribution in [0.4, 0.5) is 0 Å². The van der Waals surface area contributed by atoms with Crippen LogP contribution in [0.3, 0.4) is 0 Å². The van der Waals surface area contributed by atoms with E-state index in [2.05, 4.69) is 15.8 Å². The highest BCUT2D eigenvalue weighted by Gasteiger charge is 2.03. The van der Waals surface area contributed by atoms with Gasteiger partial charge in [-0.15, -0.1) is 0 Å². The molecule has 6 heteroatoms. The largest absolute Gasteiger partial charge is 0.417 e. The van der Waals surface area contributed by atoms with Crippen LogP contribution in [0.1, 0.15) is 24.8 Å². The van der Waals surface area contributed by atoms with E-state index in [0.717, 1.165) is 30.3 Å². The molecule has 0 saturated carbocycles. The number of unbranched alkanes of at least 4 members (excludes halogenated alkanes) is 1. The minimum Gasteiger partial charge on any atom is -0.408 e. The van der Waals surface area contributed by atoms with Crippen LogP contribution in [0.2, 0.25) is 0 Å². The minimum absolute atomic E-state index is 0.00267. The highest BCUT2D eigenvalue weighted by Crippen LogP contribution is 2.14. The molecule has 1 heterocycles. The van der Waals surface area contributed by atoms with Crippen molar-refractivity contribution < 1.29 is 9.21 Å². The smallest absolute Gasteiger partial charge is 0.408 e. The van der Waals surface area contributed by atoms with Gasteiger partial charge in [0, 0.05) is 13.5 Å². The number of amides is 1. The zero-order chi connectivity index (χ0) is 13.7. The number of aromatic amines is 1. The average Bonchev–Trinajstić information content (AvgIpc) is 2.74. The van der Waals surface area contributed by atoms with Gasteiger partial charge in [0.1, 0.15) is 0 Å². The predicted molar refractivity (Wildman–Crippen MR) is 71.6 cm³/mol. The number of aromatic nitrogens is 1. The predicted octanol–water partition coefficient (Wildman–Crippen LogP) is 1.08. The molecule has 0 bridgehead atoms. The number of benzene rings is 1. The number of fused-ring (bicyclic) bond motifs is 1. The molecule has 1 aromatic carbocycles. The summed E-state index contributed by atoms with van der Waals surface area (Å²) in [6.07, 6.45) is 3.12. The first-order valence-corrected chi connectivity index (χ1v) is 6.26. The van der Waals surface area contributed by atoms with Crippen molar-refractivity contribution in [1.82, 2.24) is 15.8 Å². The number of carbonyl (C=O) groups excluding carboxylic acids is 1. The third kappa shape index (κ3) is 3.69. The van der Waals surface area contributed by atoms with Crippen LogP contribution in [-0.4, -0.2) is 17.9 Å². The van der Waals surface area contributed by atoms with Crippen LogP contribution >= 0.6 is 0 Å². The molecule has 0 saturated heterocycles. The molecule has 102 valence electrons. The van der Waals surface area contributed by atoms with Crippen LogP contribution in [0, 0.1) is 0 Å². The lowest BCUT2D eigenvalue weighted by atomic mass is 10.1. The van der Waals surface area contributed by atoms with Crippen LogP contribution in [0.25, 0.3) is 11.1 Å². The van der Waals surface area contributed by atoms with E-state index in [1.54, 1.807) is 13.1 Å². The van der Waals surface area contributed by atoms with Gasteiger partial charge in [0.05, 0.1) is 5.52 Å². The van der Waals surface area contributed by atoms with Gasteiger partial charge in [0.25, 0.3) is 0 Å². The molecule has 1 aromatic heterocycles. The van der Waals surface area contributed by atoms with Crippen molar-refractivity contribution in [1.29, 1.82) is 0 Å². The van der Waals surface area contributed by atoms with Crippen molar-refractivity contribution in [2.75, 3.05) is 7.05 Å². The number of H-pyrrole nitrogens is 1. The highest BCUT2D eigenvalue weighted by atomic mass is 16.4. The molecule has 0 unspecified atom stereocenters. The Morgan fingerprint density at radius 3 is 3.00 bits per heavy atom. The summed E-state index contributed by atoms with van der Waals surface area (Å²) in [4.78, 5) is 24.9. The molecule has 3 N–H and O–H groups in total. The lowest BCUT2D eigenvalue weighted by molar-refractivity contribution is -0.122. The first kappa shape index (κ1) is 13.4. The lowest BCUT2D eigenvalue weighted by Gasteiger charge is -2.03. The number of oxazole rings is 1. The van der Waals surface area contributed by atoms with E-state index < -0.39 is 5.76 Å². The molecular weight excluding hydrogens is 246 g/mol. The van der Waals surface area contributed by atoms with Gasteiger partial charge in [0.15, 0.2) is 5.58 Å². The fourth-order valence-electron chi connectivity index (χ4n) is 1.97. The van der Waals surface area contributed by atoms with Crippen LogP contribution in [0.15, 0.2) is 27.4 Å². The van der Waals surface area contributed by atoms with Crippen molar-refractivity contribution in [3.8, 4) is 0 Å². The van der Waals surface area contributed by atoms with Crippen LogP contribution in [-0.2, 0) is 11.2 Å². The normalized spacial score (nSPS) is 10.8. The maximum Gasteiger partial charge on any atom is 0.417 e. The average molecular weight is 263 g/mol. The minimum atomic E-state index is -0.434. The van der Waals surface area contributed by atoms with Gasteiger partial charge in [0.2, 0.25) is 5.91 Å². The molecule has 0 spiro atoms. The molecule has 19 heavy (non-hydrogen) atoms. The highest BCUT2D eigenvalue weighted by molar-refractivity contribution is 5.75. The summed E-state index contributed by atoms with van der Waals surface area (Å²) >= 11 is 0. The Hall–Kier alpha value is -2.08. The fourth-order valence-corrected chi connectivity index (χ4v) is 1.97. The molecule has 0 aliphatic rings. The molecule has 2 aromatic rings. The second-order valence-electron chi connectivity index (χ2n) is 4.35. The standard InChI is InChI=1S/C13H17N3O3/c1-14-16-12(17)5-3-2-4-9-6-7-11-10(8-9)15-13(18)19-11/h6-8,14H,2-5H2,1H3,(H,15,18)(H,16,17). The zero-order valence-corrected chi connectivity index (χ0v) is 10.8. The SMILES string of the molecule is CNNC(=O)CCCCc1ccc2oc(=O)[nH]c2c1. The first-order chi connectivity index (χ1) is 9.19. The molecule has 1 amide bonds. The Labute approximate surface area is 110 Å². The topological polar surface area (TPSA) is 87.1 Å². The van der Waals surface area contributed by atoms with E-state index in [1.165, 1.54) is 0 Å². The summed E-state index contributed by atoms with van der Waals surface area (Å²) in [6.45, 7) is 0. The number of aryl methyl sites for hydroxylation is 1. The molecular formula is C13H17N3O3. The summed E-state index contributed by atoms with van der Waals surface area (Å²) < 4.78 is 4.94. The van der Waals surface area contributed by atoms with E-state index in [0.29, 0.717) is 12.0 Å². The number of hydrogen-bond donors (Lipinski definition) is 3. The summed E-state index contributed by atoms with van der Waals surface area (Å²) in [6, 6.07) is 5.64. The number of carbonyl (C=O) groups is 1. The second-order valence-corrected chi connectivity index (χ2v) is 4.35. The lowest BCUT2D eigenvalue weighted by Crippen LogP contribution is -2.33. The molecule has 0 atom stereocenters. The third-order valence-electron chi connectivity index (χ3n) is 2.87. The summed E-state index contributed by atoms with van der Waals surface area (Å²) in [5, 5.41) is 0. The van der Waals surface area contributed by atoms with E-state index in [9.17, 15) is 9.59 Å². The number of hydrazine groups is 1. The van der Waals surface area contributed by atoms with E-state index >= 15 is 0 Å². The summed E-state index contributed by atoms with van der Waals surface area (Å²) in [7, 11) is 1.67. The maximum atomic E-state index is 11.2. The van der Waals surface area contributed by atoms with Crippen molar-refractivity contribution in [2.24, 2.45) is 0 Å². The monoisotopic (exact) mass is 263 g/mol. The molecule has 0 radical (unpaired) electrons. The van der Waals surface area contributed by atoms with E-state index in [-0.39, 0.29) is 5.91 Å². The fraction of sp³-hybridized carbons (Fsp3) is 0.385. The van der Waals surface area contributed by atoms with Crippen molar-refractivity contribution in [3.05, 3.63) is 34.3 Å². The summed E-state index contributed by atoms with van der Waals surface area (Å²) in [5.41, 5.74) is 7.55. The Morgan fingerprint density at radius 2 is 2.21 bits per heavy atom. The van der Waals surface area contributed by atoms with Gasteiger partial charge in [-0.1, -0.05) is 6.07 Å². The van der Waals surface area contributed by atoms with Crippen LogP contribution in [0.5, 0.6) is 0 Å². The quantitative estimate of drug-likeness (QED) is 0.537. The van der Waals surface area contributed by atoms with Crippen molar-refractivity contribution in [2.45, 2.75) is 25.7 Å². The summed E-state index contributed by atoms with van der Waals surface area (Å²) in [5.74, 6) is -0.437. The van der Waals surface area contributed by atoms with Gasteiger partial charge < -0.3 is 4.42 Å². The van der Waals surface area contributed by atoms with Gasteiger partial charge >= 0.3 is 5.76 Å². The molecule has 0 fully saturated rings. The molecule has 2 rings (SSSR count).